The molecule has 0 atom stereocenters. The lowest BCUT2D eigenvalue weighted by atomic mass is 10.2. The van der Waals surface area contributed by atoms with Crippen molar-refractivity contribution in [1.82, 2.24) is 14.7 Å². The van der Waals surface area contributed by atoms with Crippen molar-refractivity contribution >= 4 is 21.4 Å². The van der Waals surface area contributed by atoms with Crippen LogP contribution in [0.15, 0.2) is 29.9 Å². The van der Waals surface area contributed by atoms with Gasteiger partial charge in [-0.2, -0.15) is 0 Å². The highest BCUT2D eigenvalue weighted by Gasteiger charge is 2.05. The van der Waals surface area contributed by atoms with Gasteiger partial charge in [-0.05, 0) is 12.1 Å². The molecule has 0 aliphatic carbocycles. The Morgan fingerprint density at radius 2 is 2.28 bits per heavy atom. The number of thiazole rings is 1. The molecule has 0 aliphatic rings. The average molecular weight is 283 g/mol. The van der Waals surface area contributed by atoms with Gasteiger partial charge in [-0.25, -0.2) is 18.1 Å². The Labute approximate surface area is 110 Å². The molecular formula is C11H13N3O2S2. The molecule has 0 saturated heterocycles. The Kier molecular flexibility index (Phi) is 4.05. The van der Waals surface area contributed by atoms with Crippen LogP contribution in [0.4, 0.5) is 0 Å². The van der Waals surface area contributed by atoms with E-state index in [1.54, 1.807) is 12.4 Å². The minimum Gasteiger partial charge on any atom is -0.264 e. The fourth-order valence-electron chi connectivity index (χ4n) is 1.42. The fourth-order valence-corrected chi connectivity index (χ4v) is 2.70. The first-order chi connectivity index (χ1) is 8.54. The molecule has 2 aromatic rings. The van der Waals surface area contributed by atoms with Crippen LogP contribution in [-0.2, 0) is 16.4 Å². The lowest BCUT2D eigenvalue weighted by molar-refractivity contribution is 0.588. The molecule has 0 aromatic carbocycles. The van der Waals surface area contributed by atoms with Gasteiger partial charge in [-0.15, -0.1) is 11.3 Å². The van der Waals surface area contributed by atoms with E-state index in [1.165, 1.54) is 11.3 Å². The molecule has 0 spiro atoms. The van der Waals surface area contributed by atoms with Crippen molar-refractivity contribution in [1.29, 1.82) is 0 Å². The van der Waals surface area contributed by atoms with E-state index in [2.05, 4.69) is 14.7 Å². The maximum absolute atomic E-state index is 10.9. The normalized spacial score (nSPS) is 11.6. The summed E-state index contributed by atoms with van der Waals surface area (Å²) in [5.41, 5.74) is 1.85. The third-order valence-electron chi connectivity index (χ3n) is 2.21. The molecule has 0 radical (unpaired) electrons. The Bertz CT molecular complexity index is 608. The molecule has 18 heavy (non-hydrogen) atoms. The second-order valence-corrected chi connectivity index (χ2v) is 6.56. The molecule has 0 amide bonds. The molecule has 0 fully saturated rings. The zero-order valence-corrected chi connectivity index (χ0v) is 11.5. The van der Waals surface area contributed by atoms with Gasteiger partial charge in [0.25, 0.3) is 0 Å². The van der Waals surface area contributed by atoms with Crippen molar-refractivity contribution in [2.75, 3.05) is 12.8 Å². The van der Waals surface area contributed by atoms with Crippen LogP contribution in [0, 0.1) is 0 Å². The Morgan fingerprint density at radius 3 is 2.94 bits per heavy atom. The highest BCUT2D eigenvalue weighted by molar-refractivity contribution is 7.88. The number of nitrogens with one attached hydrogen (secondary N) is 1. The van der Waals surface area contributed by atoms with Gasteiger partial charge < -0.3 is 0 Å². The summed E-state index contributed by atoms with van der Waals surface area (Å²) in [5.74, 6) is 0. The van der Waals surface area contributed by atoms with Crippen molar-refractivity contribution in [3.05, 3.63) is 34.9 Å². The topological polar surface area (TPSA) is 72.0 Å². The van der Waals surface area contributed by atoms with E-state index in [1.807, 2.05) is 17.5 Å². The van der Waals surface area contributed by atoms with Crippen LogP contribution in [0.25, 0.3) is 11.3 Å². The largest absolute Gasteiger partial charge is 0.264 e. The smallest absolute Gasteiger partial charge is 0.208 e. The Balaban J connectivity index is 1.99. The van der Waals surface area contributed by atoms with Gasteiger partial charge in [0.1, 0.15) is 0 Å². The van der Waals surface area contributed by atoms with Gasteiger partial charge in [0.2, 0.25) is 10.0 Å². The first-order valence-electron chi connectivity index (χ1n) is 5.34. The molecule has 2 rings (SSSR count). The minimum absolute atomic E-state index is 0.374. The molecule has 1 N–H and O–H groups in total. The second kappa shape index (κ2) is 5.55. The van der Waals surface area contributed by atoms with Crippen molar-refractivity contribution < 1.29 is 8.42 Å². The van der Waals surface area contributed by atoms with Gasteiger partial charge in [0.15, 0.2) is 0 Å². The van der Waals surface area contributed by atoms with E-state index in [0.717, 1.165) is 22.5 Å². The van der Waals surface area contributed by atoms with Crippen LogP contribution >= 0.6 is 11.3 Å². The number of aromatic nitrogens is 2. The highest BCUT2D eigenvalue weighted by Crippen LogP contribution is 2.20. The molecule has 0 saturated carbocycles. The Hall–Kier alpha value is -1.31. The minimum atomic E-state index is -3.12. The molecule has 0 aliphatic heterocycles. The third kappa shape index (κ3) is 3.86. The standard InChI is InChI=1S/C11H13N3O2S2/c1-18(15,16)13-6-4-11-14-10(8-17-11)9-3-2-5-12-7-9/h2-3,5,7-8,13H,4,6H2,1H3. The van der Waals surface area contributed by atoms with Crippen LogP contribution in [0.1, 0.15) is 5.01 Å². The van der Waals surface area contributed by atoms with E-state index < -0.39 is 10.0 Å². The molecular weight excluding hydrogens is 270 g/mol. The number of nitrogens with zero attached hydrogens (tertiary/aromatic N) is 2. The van der Waals surface area contributed by atoms with Crippen LogP contribution in [-0.4, -0.2) is 31.2 Å². The summed E-state index contributed by atoms with van der Waals surface area (Å²) in [6.07, 6.45) is 5.22. The average Bonchev–Trinajstić information content (AvgIpc) is 2.77. The maximum atomic E-state index is 10.9. The summed E-state index contributed by atoms with van der Waals surface area (Å²) in [4.78, 5) is 8.48. The van der Waals surface area contributed by atoms with Crippen LogP contribution < -0.4 is 4.72 Å². The van der Waals surface area contributed by atoms with Crippen LogP contribution in [0.2, 0.25) is 0 Å². The predicted octanol–water partition coefficient (Wildman–Crippen LogP) is 1.30. The highest BCUT2D eigenvalue weighted by atomic mass is 32.2. The molecule has 96 valence electrons. The van der Waals surface area contributed by atoms with Crippen LogP contribution in [0.5, 0.6) is 0 Å². The summed E-state index contributed by atoms with van der Waals surface area (Å²) in [5, 5.41) is 2.86. The Morgan fingerprint density at radius 1 is 1.44 bits per heavy atom. The molecule has 2 aromatic heterocycles. The van der Waals surface area contributed by atoms with Gasteiger partial charge >= 0.3 is 0 Å². The lowest BCUT2D eigenvalue weighted by Crippen LogP contribution is -2.24. The molecule has 2 heterocycles. The third-order valence-corrected chi connectivity index (χ3v) is 3.85. The van der Waals surface area contributed by atoms with E-state index >= 15 is 0 Å². The number of hydrogen-bond acceptors (Lipinski definition) is 5. The van der Waals surface area contributed by atoms with Gasteiger partial charge in [0, 0.05) is 36.3 Å². The first kappa shape index (κ1) is 13.1. The van der Waals surface area contributed by atoms with Crippen molar-refractivity contribution in [2.24, 2.45) is 0 Å². The van der Waals surface area contributed by atoms with Gasteiger partial charge in [0.05, 0.1) is 17.0 Å². The summed E-state index contributed by atoms with van der Waals surface area (Å²) >= 11 is 1.52. The molecule has 0 unspecified atom stereocenters. The zero-order valence-electron chi connectivity index (χ0n) is 9.83. The van der Waals surface area contributed by atoms with E-state index in [9.17, 15) is 8.42 Å². The predicted molar refractivity (Wildman–Crippen MR) is 71.9 cm³/mol. The monoisotopic (exact) mass is 283 g/mol. The second-order valence-electron chi connectivity index (χ2n) is 3.78. The quantitative estimate of drug-likeness (QED) is 0.897. The first-order valence-corrected chi connectivity index (χ1v) is 8.11. The van der Waals surface area contributed by atoms with Crippen LogP contribution in [0.3, 0.4) is 0 Å². The van der Waals surface area contributed by atoms with Crippen molar-refractivity contribution in [3.63, 3.8) is 0 Å². The van der Waals surface area contributed by atoms with Crippen molar-refractivity contribution in [2.45, 2.75) is 6.42 Å². The van der Waals surface area contributed by atoms with E-state index in [-0.39, 0.29) is 0 Å². The SMILES string of the molecule is CS(=O)(=O)NCCc1nc(-c2cccnc2)cs1. The van der Waals surface area contributed by atoms with Crippen molar-refractivity contribution in [3.8, 4) is 11.3 Å². The molecule has 7 heteroatoms. The van der Waals surface area contributed by atoms with E-state index in [0.29, 0.717) is 13.0 Å². The summed E-state index contributed by atoms with van der Waals surface area (Å²) in [6, 6.07) is 3.81. The molecule has 5 nitrogen and oxygen atoms in total. The maximum Gasteiger partial charge on any atom is 0.208 e. The number of sulfonamides is 1. The van der Waals surface area contributed by atoms with E-state index in [4.69, 9.17) is 0 Å². The summed E-state index contributed by atoms with van der Waals surface area (Å²) < 4.78 is 24.3. The van der Waals surface area contributed by atoms with Gasteiger partial charge in [-0.1, -0.05) is 0 Å². The number of pyridine rings is 1. The zero-order chi connectivity index (χ0) is 13.0. The number of rotatable bonds is 5. The van der Waals surface area contributed by atoms with Gasteiger partial charge in [-0.3, -0.25) is 4.98 Å². The fraction of sp³-hybridized carbons (Fsp3) is 0.273. The lowest BCUT2D eigenvalue weighted by Gasteiger charge is -1.99. The summed E-state index contributed by atoms with van der Waals surface area (Å²) in [6.45, 7) is 0.374. The summed E-state index contributed by atoms with van der Waals surface area (Å²) in [7, 11) is -3.12. The molecule has 0 bridgehead atoms. The number of hydrogen-bond donors (Lipinski definition) is 1.